The van der Waals surface area contributed by atoms with Crippen molar-refractivity contribution >= 4 is 22.7 Å². The van der Waals surface area contributed by atoms with E-state index in [-0.39, 0.29) is 12.4 Å². The van der Waals surface area contributed by atoms with Crippen LogP contribution < -0.4 is 4.74 Å². The van der Waals surface area contributed by atoms with Gasteiger partial charge >= 0.3 is 5.97 Å². The smallest absolute Gasteiger partial charge is 0.344 e. The molecule has 0 atom stereocenters. The molecule has 0 saturated heterocycles. The van der Waals surface area contributed by atoms with Crippen LogP contribution >= 0.6 is 0 Å². The molecule has 0 amide bonds. The number of hydrogen-bond acceptors (Lipinski definition) is 4. The highest BCUT2D eigenvalue weighted by atomic mass is 16.6. The van der Waals surface area contributed by atoms with Crippen LogP contribution in [0, 0.1) is 20.8 Å². The van der Waals surface area contributed by atoms with Crippen molar-refractivity contribution in [1.82, 2.24) is 4.57 Å². The van der Waals surface area contributed by atoms with Gasteiger partial charge in [0.15, 0.2) is 12.4 Å². The van der Waals surface area contributed by atoms with Gasteiger partial charge in [0.1, 0.15) is 5.75 Å². The number of fused-ring (bicyclic) bond motifs is 1. The van der Waals surface area contributed by atoms with E-state index in [1.54, 1.807) is 6.92 Å². The Kier molecular flexibility index (Phi) is 6.31. The summed E-state index contributed by atoms with van der Waals surface area (Å²) in [5.41, 5.74) is 6.33. The molecule has 0 fully saturated rings. The van der Waals surface area contributed by atoms with Crippen molar-refractivity contribution in [3.8, 4) is 11.4 Å². The minimum absolute atomic E-state index is 0.0517. The van der Waals surface area contributed by atoms with Crippen LogP contribution in [0.4, 0.5) is 0 Å². The number of ether oxygens (including phenoxy) is 2. The number of benzene rings is 3. The van der Waals surface area contributed by atoms with E-state index in [9.17, 15) is 9.59 Å². The number of nitrogens with zero attached hydrogens (tertiary/aromatic N) is 1. The first kappa shape index (κ1) is 22.3. The summed E-state index contributed by atoms with van der Waals surface area (Å²) >= 11 is 0. The van der Waals surface area contributed by atoms with Gasteiger partial charge in [0.2, 0.25) is 0 Å². The number of aryl methyl sites for hydroxylation is 2. The number of carbonyl (C=O) groups excluding carboxylic acids is 2. The monoisotopic (exact) mass is 441 g/mol. The molecule has 3 aromatic carbocycles. The third-order valence-electron chi connectivity index (χ3n) is 5.69. The zero-order valence-corrected chi connectivity index (χ0v) is 19.3. The van der Waals surface area contributed by atoms with Gasteiger partial charge in [0, 0.05) is 22.3 Å². The van der Waals surface area contributed by atoms with E-state index in [2.05, 4.69) is 36.6 Å². The molecule has 0 unspecified atom stereocenters. The molecular weight excluding hydrogens is 414 g/mol. The van der Waals surface area contributed by atoms with Gasteiger partial charge in [-0.3, -0.25) is 4.79 Å². The quantitative estimate of drug-likeness (QED) is 0.272. The molecule has 0 aliphatic rings. The Morgan fingerprint density at radius 1 is 0.909 bits per heavy atom. The number of carbonyl (C=O) groups is 2. The average molecular weight is 442 g/mol. The van der Waals surface area contributed by atoms with Gasteiger partial charge in [-0.05, 0) is 57.5 Å². The minimum Gasteiger partial charge on any atom is -0.482 e. The summed E-state index contributed by atoms with van der Waals surface area (Å²) in [6.07, 6.45) is 0. The molecule has 5 heteroatoms. The average Bonchev–Trinajstić information content (AvgIpc) is 3.09. The maximum absolute atomic E-state index is 13.6. The molecule has 4 rings (SSSR count). The van der Waals surface area contributed by atoms with Gasteiger partial charge in [-0.25, -0.2) is 4.79 Å². The van der Waals surface area contributed by atoms with Crippen LogP contribution in [0.3, 0.4) is 0 Å². The van der Waals surface area contributed by atoms with E-state index in [1.165, 1.54) is 5.56 Å². The molecule has 0 aliphatic carbocycles. The third kappa shape index (κ3) is 4.40. The second kappa shape index (κ2) is 9.33. The highest BCUT2D eigenvalue weighted by molar-refractivity contribution is 6.18. The fourth-order valence-electron chi connectivity index (χ4n) is 4.22. The molecule has 0 spiro atoms. The number of esters is 1. The van der Waals surface area contributed by atoms with Crippen molar-refractivity contribution in [1.29, 1.82) is 0 Å². The van der Waals surface area contributed by atoms with Gasteiger partial charge < -0.3 is 14.0 Å². The highest BCUT2D eigenvalue weighted by Crippen LogP contribution is 2.34. The van der Waals surface area contributed by atoms with Crippen LogP contribution in [0.25, 0.3) is 16.6 Å². The van der Waals surface area contributed by atoms with Crippen LogP contribution in [0.2, 0.25) is 0 Å². The highest BCUT2D eigenvalue weighted by Gasteiger charge is 2.23. The Morgan fingerprint density at radius 3 is 2.36 bits per heavy atom. The third-order valence-corrected chi connectivity index (χ3v) is 5.69. The van der Waals surface area contributed by atoms with Gasteiger partial charge in [0.25, 0.3) is 0 Å². The molecule has 33 heavy (non-hydrogen) atoms. The summed E-state index contributed by atoms with van der Waals surface area (Å²) in [5.74, 6) is 0.0295. The first-order chi connectivity index (χ1) is 15.9. The van der Waals surface area contributed by atoms with Crippen LogP contribution in [-0.4, -0.2) is 29.5 Å². The lowest BCUT2D eigenvalue weighted by molar-refractivity contribution is -0.145. The molecule has 5 nitrogen and oxygen atoms in total. The largest absolute Gasteiger partial charge is 0.482 e. The lowest BCUT2D eigenvalue weighted by Gasteiger charge is -2.13. The van der Waals surface area contributed by atoms with E-state index in [0.29, 0.717) is 23.5 Å². The van der Waals surface area contributed by atoms with E-state index >= 15 is 0 Å². The van der Waals surface area contributed by atoms with Gasteiger partial charge in [-0.15, -0.1) is 0 Å². The molecule has 4 aromatic rings. The molecule has 1 aromatic heterocycles. The Labute approximate surface area is 193 Å². The van der Waals surface area contributed by atoms with Gasteiger partial charge in [0.05, 0.1) is 17.7 Å². The Balaban J connectivity index is 1.89. The maximum atomic E-state index is 13.6. The number of ketones is 1. The molecule has 0 saturated carbocycles. The van der Waals surface area contributed by atoms with Crippen LogP contribution in [0.5, 0.6) is 5.75 Å². The van der Waals surface area contributed by atoms with Crippen LogP contribution in [0.1, 0.15) is 39.7 Å². The van der Waals surface area contributed by atoms with E-state index < -0.39 is 5.97 Å². The van der Waals surface area contributed by atoms with E-state index in [1.807, 2.05) is 55.5 Å². The molecule has 0 N–H and O–H groups in total. The first-order valence-corrected chi connectivity index (χ1v) is 11.0. The SMILES string of the molecule is CCOC(=O)COc1ccc2c(c1)c(C(=O)c1ccccc1)c(C)n2-c1ccc(C)cc1C. The summed E-state index contributed by atoms with van der Waals surface area (Å²) in [4.78, 5) is 25.3. The van der Waals surface area contributed by atoms with Crippen molar-refractivity contribution in [2.24, 2.45) is 0 Å². The Morgan fingerprint density at radius 2 is 1.67 bits per heavy atom. The maximum Gasteiger partial charge on any atom is 0.344 e. The second-order valence-corrected chi connectivity index (χ2v) is 8.05. The summed E-state index contributed by atoms with van der Waals surface area (Å²) in [5, 5.41) is 0.780. The van der Waals surface area contributed by atoms with Crippen LogP contribution in [0.15, 0.2) is 66.7 Å². The first-order valence-electron chi connectivity index (χ1n) is 11.0. The Hall–Kier alpha value is -3.86. The minimum atomic E-state index is -0.429. The second-order valence-electron chi connectivity index (χ2n) is 8.05. The summed E-state index contributed by atoms with van der Waals surface area (Å²) in [6, 6.07) is 21.1. The molecule has 0 radical (unpaired) electrons. The van der Waals surface area contributed by atoms with Gasteiger partial charge in [-0.2, -0.15) is 0 Å². The summed E-state index contributed by atoms with van der Waals surface area (Å²) in [7, 11) is 0. The molecule has 168 valence electrons. The predicted octanol–water partition coefficient (Wildman–Crippen LogP) is 5.73. The molecule has 0 bridgehead atoms. The number of rotatable bonds is 7. The van der Waals surface area contributed by atoms with Crippen molar-refractivity contribution < 1.29 is 19.1 Å². The number of hydrogen-bond donors (Lipinski definition) is 0. The number of aromatic nitrogens is 1. The van der Waals surface area contributed by atoms with Crippen molar-refractivity contribution in [3.05, 3.63) is 94.7 Å². The topological polar surface area (TPSA) is 57.5 Å². The molecule has 1 heterocycles. The summed E-state index contributed by atoms with van der Waals surface area (Å²) in [6.45, 7) is 7.98. The summed E-state index contributed by atoms with van der Waals surface area (Å²) < 4.78 is 12.7. The van der Waals surface area contributed by atoms with Crippen molar-refractivity contribution in [2.75, 3.05) is 13.2 Å². The van der Waals surface area contributed by atoms with E-state index in [0.717, 1.165) is 27.8 Å². The zero-order valence-electron chi connectivity index (χ0n) is 19.3. The van der Waals surface area contributed by atoms with Crippen LogP contribution in [-0.2, 0) is 9.53 Å². The zero-order chi connectivity index (χ0) is 23.5. The van der Waals surface area contributed by atoms with Gasteiger partial charge in [-0.1, -0.05) is 48.0 Å². The predicted molar refractivity (Wildman–Crippen MR) is 129 cm³/mol. The molecule has 0 aliphatic heterocycles. The van der Waals surface area contributed by atoms with E-state index in [4.69, 9.17) is 9.47 Å². The molecular formula is C28H27NO4. The fourth-order valence-corrected chi connectivity index (χ4v) is 4.22. The lowest BCUT2D eigenvalue weighted by atomic mass is 10.0. The van der Waals surface area contributed by atoms with Crippen molar-refractivity contribution in [3.63, 3.8) is 0 Å². The normalized spacial score (nSPS) is 10.9. The fraction of sp³-hybridized carbons (Fsp3) is 0.214. The lowest BCUT2D eigenvalue weighted by Crippen LogP contribution is -2.14. The standard InChI is InChI=1S/C28H27NO4/c1-5-32-26(30)17-33-22-12-14-25-23(16-22)27(28(31)21-9-7-6-8-10-21)20(4)29(25)24-13-11-18(2)15-19(24)3/h6-16H,5,17H2,1-4H3. The Bertz CT molecular complexity index is 1340. The van der Waals surface area contributed by atoms with Crippen molar-refractivity contribution in [2.45, 2.75) is 27.7 Å².